The fourth-order valence-corrected chi connectivity index (χ4v) is 2.53. The first-order valence-electron chi connectivity index (χ1n) is 8.66. The van der Waals surface area contributed by atoms with E-state index in [4.69, 9.17) is 0 Å². The maximum Gasteiger partial charge on any atom is 0.191 e. The second-order valence-corrected chi connectivity index (χ2v) is 6.17. The third-order valence-electron chi connectivity index (χ3n) is 4.12. The summed E-state index contributed by atoms with van der Waals surface area (Å²) in [4.78, 5) is 6.36. The molecule has 6 heteroatoms. The number of benzene rings is 2. The molecule has 26 heavy (non-hydrogen) atoms. The van der Waals surface area contributed by atoms with Crippen molar-refractivity contribution in [1.82, 2.24) is 15.5 Å². The molecule has 0 fully saturated rings. The van der Waals surface area contributed by atoms with Gasteiger partial charge in [0, 0.05) is 32.2 Å². The molecule has 0 saturated heterocycles. The molecule has 0 aliphatic carbocycles. The molecule has 2 rings (SSSR count). The lowest BCUT2D eigenvalue weighted by Crippen LogP contribution is -2.36. The summed E-state index contributed by atoms with van der Waals surface area (Å²) in [6, 6.07) is 11.8. The number of hydrogen-bond acceptors (Lipinski definition) is 2. The number of nitrogens with one attached hydrogen (secondary N) is 2. The average molecular weight is 360 g/mol. The summed E-state index contributed by atoms with van der Waals surface area (Å²) in [5.74, 6) is -0.369. The Balaban J connectivity index is 1.90. The van der Waals surface area contributed by atoms with Gasteiger partial charge in [-0.25, -0.2) is 8.78 Å². The van der Waals surface area contributed by atoms with Crippen LogP contribution < -0.4 is 10.6 Å². The van der Waals surface area contributed by atoms with Crippen LogP contribution in [-0.2, 0) is 19.6 Å². The molecule has 4 nitrogen and oxygen atoms in total. The van der Waals surface area contributed by atoms with Gasteiger partial charge in [-0.2, -0.15) is 0 Å². The quantitative estimate of drug-likeness (QED) is 0.588. The summed E-state index contributed by atoms with van der Waals surface area (Å²) in [5.41, 5.74) is 2.64. The van der Waals surface area contributed by atoms with E-state index < -0.39 is 11.6 Å². The number of guanidine groups is 1. The van der Waals surface area contributed by atoms with Crippen molar-refractivity contribution in [3.05, 3.63) is 70.8 Å². The summed E-state index contributed by atoms with van der Waals surface area (Å²) in [6.07, 6.45) is 0. The van der Waals surface area contributed by atoms with Crippen molar-refractivity contribution in [3.63, 3.8) is 0 Å². The van der Waals surface area contributed by atoms with Gasteiger partial charge in [0.1, 0.15) is 11.6 Å². The molecule has 0 heterocycles. The Morgan fingerprint density at radius 3 is 2.50 bits per heavy atom. The van der Waals surface area contributed by atoms with E-state index in [1.54, 1.807) is 7.05 Å². The fourth-order valence-electron chi connectivity index (χ4n) is 2.53. The summed E-state index contributed by atoms with van der Waals surface area (Å²) >= 11 is 0. The van der Waals surface area contributed by atoms with Crippen LogP contribution >= 0.6 is 0 Å². The van der Waals surface area contributed by atoms with Gasteiger partial charge in [-0.05, 0) is 42.9 Å². The third kappa shape index (κ3) is 6.11. The van der Waals surface area contributed by atoms with E-state index in [1.807, 2.05) is 12.1 Å². The van der Waals surface area contributed by atoms with Crippen LogP contribution in [0, 0.1) is 11.6 Å². The van der Waals surface area contributed by atoms with E-state index >= 15 is 0 Å². The normalized spacial score (nSPS) is 11.7. The molecule has 2 N–H and O–H groups in total. The molecule has 0 spiro atoms. The zero-order chi connectivity index (χ0) is 18.9. The molecule has 0 unspecified atom stereocenters. The maximum absolute atomic E-state index is 13.7. The van der Waals surface area contributed by atoms with Crippen LogP contribution in [0.15, 0.2) is 47.5 Å². The van der Waals surface area contributed by atoms with Crippen molar-refractivity contribution >= 4 is 5.96 Å². The molecular weight excluding hydrogens is 334 g/mol. The topological polar surface area (TPSA) is 39.7 Å². The minimum atomic E-state index is -0.458. The standard InChI is InChI=1S/C20H26F2N4/c1-4-26(3)14-16-7-5-6-15(10-16)12-24-20(23-2)25-13-17-11-18(21)8-9-19(17)22/h5-11H,4,12-14H2,1-3H3,(H2,23,24,25). The first kappa shape index (κ1) is 19.8. The van der Waals surface area contributed by atoms with E-state index in [-0.39, 0.29) is 12.1 Å². The zero-order valence-electron chi connectivity index (χ0n) is 15.5. The van der Waals surface area contributed by atoms with Crippen molar-refractivity contribution in [2.24, 2.45) is 4.99 Å². The fraction of sp³-hybridized carbons (Fsp3) is 0.350. The SMILES string of the molecule is CCN(C)Cc1cccc(CNC(=NC)NCc2cc(F)ccc2F)c1. The molecule has 140 valence electrons. The molecule has 0 aliphatic heterocycles. The largest absolute Gasteiger partial charge is 0.352 e. The molecule has 0 aromatic heterocycles. The monoisotopic (exact) mass is 360 g/mol. The molecule has 0 saturated carbocycles. The van der Waals surface area contributed by atoms with E-state index in [0.29, 0.717) is 12.5 Å². The van der Waals surface area contributed by atoms with E-state index in [1.165, 1.54) is 11.6 Å². The lowest BCUT2D eigenvalue weighted by molar-refractivity contribution is 0.345. The maximum atomic E-state index is 13.7. The Kier molecular flexibility index (Phi) is 7.53. The van der Waals surface area contributed by atoms with Crippen LogP contribution in [0.4, 0.5) is 8.78 Å². The van der Waals surface area contributed by atoms with Crippen molar-refractivity contribution < 1.29 is 8.78 Å². The Morgan fingerprint density at radius 1 is 1.04 bits per heavy atom. The van der Waals surface area contributed by atoms with Crippen LogP contribution in [0.2, 0.25) is 0 Å². The Labute approximate surface area is 153 Å². The molecule has 0 atom stereocenters. The highest BCUT2D eigenvalue weighted by atomic mass is 19.1. The summed E-state index contributed by atoms with van der Waals surface area (Å²) in [6.45, 7) is 4.77. The molecule has 2 aromatic carbocycles. The minimum absolute atomic E-state index is 0.157. The van der Waals surface area contributed by atoms with Gasteiger partial charge in [0.15, 0.2) is 5.96 Å². The summed E-state index contributed by atoms with van der Waals surface area (Å²) in [7, 11) is 3.73. The van der Waals surface area contributed by atoms with Gasteiger partial charge in [-0.1, -0.05) is 31.2 Å². The highest BCUT2D eigenvalue weighted by Gasteiger charge is 2.06. The number of nitrogens with zero attached hydrogens (tertiary/aromatic N) is 2. The molecule has 0 radical (unpaired) electrons. The highest BCUT2D eigenvalue weighted by molar-refractivity contribution is 5.79. The smallest absolute Gasteiger partial charge is 0.191 e. The van der Waals surface area contributed by atoms with Crippen LogP contribution in [0.1, 0.15) is 23.6 Å². The second kappa shape index (κ2) is 9.87. The van der Waals surface area contributed by atoms with Gasteiger partial charge in [0.05, 0.1) is 0 Å². The van der Waals surface area contributed by atoms with Crippen molar-refractivity contribution in [2.75, 3.05) is 20.6 Å². The van der Waals surface area contributed by atoms with Gasteiger partial charge in [-0.3, -0.25) is 4.99 Å². The van der Waals surface area contributed by atoms with Gasteiger partial charge in [0.25, 0.3) is 0 Å². The molecule has 0 amide bonds. The highest BCUT2D eigenvalue weighted by Crippen LogP contribution is 2.10. The van der Waals surface area contributed by atoms with Gasteiger partial charge in [0.2, 0.25) is 0 Å². The Morgan fingerprint density at radius 2 is 1.77 bits per heavy atom. The molecular formula is C20H26F2N4. The van der Waals surface area contributed by atoms with Crippen LogP contribution in [0.25, 0.3) is 0 Å². The van der Waals surface area contributed by atoms with Gasteiger partial charge in [-0.15, -0.1) is 0 Å². The molecule has 2 aromatic rings. The second-order valence-electron chi connectivity index (χ2n) is 6.17. The van der Waals surface area contributed by atoms with Crippen LogP contribution in [-0.4, -0.2) is 31.5 Å². The average Bonchev–Trinajstić information content (AvgIpc) is 2.64. The molecule has 0 bridgehead atoms. The van der Waals surface area contributed by atoms with Crippen molar-refractivity contribution in [1.29, 1.82) is 0 Å². The van der Waals surface area contributed by atoms with Crippen molar-refractivity contribution in [3.8, 4) is 0 Å². The van der Waals surface area contributed by atoms with Crippen LogP contribution in [0.3, 0.4) is 0 Å². The van der Waals surface area contributed by atoms with Gasteiger partial charge >= 0.3 is 0 Å². The predicted octanol–water partition coefficient (Wildman–Crippen LogP) is 3.28. The first-order chi connectivity index (χ1) is 12.5. The van der Waals surface area contributed by atoms with Crippen molar-refractivity contribution in [2.45, 2.75) is 26.6 Å². The summed E-state index contributed by atoms with van der Waals surface area (Å²) in [5, 5.41) is 6.20. The van der Waals surface area contributed by atoms with E-state index in [0.717, 1.165) is 30.8 Å². The summed E-state index contributed by atoms with van der Waals surface area (Å²) < 4.78 is 26.9. The number of aliphatic imine (C=N–C) groups is 1. The molecule has 0 aliphatic rings. The first-order valence-corrected chi connectivity index (χ1v) is 8.66. The zero-order valence-corrected chi connectivity index (χ0v) is 15.5. The number of rotatable bonds is 7. The Bertz CT molecular complexity index is 746. The Hall–Kier alpha value is -2.47. The van der Waals surface area contributed by atoms with E-state index in [2.05, 4.69) is 46.6 Å². The van der Waals surface area contributed by atoms with E-state index in [9.17, 15) is 8.78 Å². The lowest BCUT2D eigenvalue weighted by atomic mass is 10.1. The predicted molar refractivity (Wildman–Crippen MR) is 102 cm³/mol. The number of hydrogen-bond donors (Lipinski definition) is 2. The third-order valence-corrected chi connectivity index (χ3v) is 4.12. The van der Waals surface area contributed by atoms with Gasteiger partial charge < -0.3 is 15.5 Å². The van der Waals surface area contributed by atoms with Crippen LogP contribution in [0.5, 0.6) is 0 Å². The number of halogens is 2. The lowest BCUT2D eigenvalue weighted by Gasteiger charge is -2.15. The minimum Gasteiger partial charge on any atom is -0.352 e.